The fourth-order valence-corrected chi connectivity index (χ4v) is 3.27. The van der Waals surface area contributed by atoms with E-state index in [1.54, 1.807) is 35.6 Å². The second-order valence-corrected chi connectivity index (χ2v) is 7.56. The Morgan fingerprint density at radius 1 is 1.21 bits per heavy atom. The van der Waals surface area contributed by atoms with Gasteiger partial charge in [0, 0.05) is 11.1 Å². The Hall–Kier alpha value is -1.21. The first-order chi connectivity index (χ1) is 8.91. The van der Waals surface area contributed by atoms with Gasteiger partial charge in [-0.25, -0.2) is 13.8 Å². The summed E-state index contributed by atoms with van der Waals surface area (Å²) >= 11 is 1.66. The first-order valence-electron chi connectivity index (χ1n) is 5.73. The van der Waals surface area contributed by atoms with Gasteiger partial charge in [0.25, 0.3) is 0 Å². The molecule has 102 valence electrons. The van der Waals surface area contributed by atoms with Gasteiger partial charge < -0.3 is 0 Å². The van der Waals surface area contributed by atoms with E-state index < -0.39 is 9.84 Å². The van der Waals surface area contributed by atoms with E-state index in [2.05, 4.69) is 11.5 Å². The zero-order valence-electron chi connectivity index (χ0n) is 10.8. The maximum absolute atomic E-state index is 11.4. The van der Waals surface area contributed by atoms with E-state index in [1.165, 1.54) is 11.1 Å². The molecule has 2 rings (SSSR count). The Bertz CT molecular complexity index is 660. The Morgan fingerprint density at radius 3 is 2.26 bits per heavy atom. The molecule has 4 nitrogen and oxygen atoms in total. The summed E-state index contributed by atoms with van der Waals surface area (Å²) in [5.74, 6) is 5.61. The molecule has 0 bridgehead atoms. The Balaban J connectivity index is 2.35. The van der Waals surface area contributed by atoms with Gasteiger partial charge in [-0.3, -0.25) is 5.84 Å². The van der Waals surface area contributed by atoms with Crippen molar-refractivity contribution < 1.29 is 8.42 Å². The summed E-state index contributed by atoms with van der Waals surface area (Å²) < 4.78 is 22.8. The van der Waals surface area contributed by atoms with Crippen LogP contribution in [0.2, 0.25) is 0 Å². The van der Waals surface area contributed by atoms with Crippen LogP contribution in [0.4, 0.5) is 0 Å². The van der Waals surface area contributed by atoms with Crippen molar-refractivity contribution in [2.45, 2.75) is 17.9 Å². The summed E-state index contributed by atoms with van der Waals surface area (Å²) in [4.78, 5) is 1.52. The molecule has 6 heteroatoms. The van der Waals surface area contributed by atoms with Gasteiger partial charge in [-0.05, 0) is 41.6 Å². The molecule has 1 unspecified atom stereocenters. The SMILES string of the molecule is Cc1cc(C(NN)c2ccc(S(C)(=O)=O)cc2)cs1. The van der Waals surface area contributed by atoms with E-state index in [9.17, 15) is 8.42 Å². The molecule has 0 amide bonds. The largest absolute Gasteiger partial charge is 0.271 e. The molecule has 0 aliphatic heterocycles. The molecule has 3 N–H and O–H groups in total. The summed E-state index contributed by atoms with van der Waals surface area (Å²) in [6.45, 7) is 2.04. The topological polar surface area (TPSA) is 72.2 Å². The molecule has 19 heavy (non-hydrogen) atoms. The third-order valence-electron chi connectivity index (χ3n) is 2.89. The number of sulfone groups is 1. The van der Waals surface area contributed by atoms with E-state index in [0.29, 0.717) is 4.90 Å². The molecule has 0 spiro atoms. The van der Waals surface area contributed by atoms with Crippen LogP contribution in [0.15, 0.2) is 40.6 Å². The lowest BCUT2D eigenvalue weighted by Crippen LogP contribution is -2.28. The van der Waals surface area contributed by atoms with Gasteiger partial charge in [0.15, 0.2) is 9.84 Å². The van der Waals surface area contributed by atoms with Gasteiger partial charge in [0.2, 0.25) is 0 Å². The maximum Gasteiger partial charge on any atom is 0.175 e. The minimum Gasteiger partial charge on any atom is -0.271 e. The fourth-order valence-electron chi connectivity index (χ4n) is 1.91. The number of hydrogen-bond donors (Lipinski definition) is 2. The number of benzene rings is 1. The predicted octanol–water partition coefficient (Wildman–Crippen LogP) is 2.01. The second-order valence-electron chi connectivity index (χ2n) is 4.43. The number of aryl methyl sites for hydroxylation is 1. The number of nitrogens with one attached hydrogen (secondary N) is 1. The quantitative estimate of drug-likeness (QED) is 0.669. The van der Waals surface area contributed by atoms with Crippen molar-refractivity contribution in [1.29, 1.82) is 0 Å². The van der Waals surface area contributed by atoms with Crippen LogP contribution in [0.3, 0.4) is 0 Å². The summed E-state index contributed by atoms with van der Waals surface area (Å²) in [6.07, 6.45) is 1.20. The van der Waals surface area contributed by atoms with Crippen molar-refractivity contribution in [3.63, 3.8) is 0 Å². The molecular weight excluding hydrogens is 280 g/mol. The van der Waals surface area contributed by atoms with Crippen LogP contribution in [0.1, 0.15) is 22.0 Å². The normalized spacial score (nSPS) is 13.4. The van der Waals surface area contributed by atoms with E-state index >= 15 is 0 Å². The average Bonchev–Trinajstić information content (AvgIpc) is 2.76. The molecule has 1 aromatic heterocycles. The summed E-state index contributed by atoms with van der Waals surface area (Å²) in [7, 11) is -3.16. The van der Waals surface area contributed by atoms with Gasteiger partial charge in [-0.15, -0.1) is 11.3 Å². The molecule has 1 aromatic carbocycles. The van der Waals surface area contributed by atoms with Gasteiger partial charge in [-0.2, -0.15) is 0 Å². The molecule has 0 saturated carbocycles. The fraction of sp³-hybridized carbons (Fsp3) is 0.231. The first kappa shape index (κ1) is 14.2. The van der Waals surface area contributed by atoms with Crippen molar-refractivity contribution in [1.82, 2.24) is 5.43 Å². The molecular formula is C13H16N2O2S2. The summed E-state index contributed by atoms with van der Waals surface area (Å²) in [6, 6.07) is 8.72. The number of rotatable bonds is 4. The van der Waals surface area contributed by atoms with Crippen molar-refractivity contribution >= 4 is 21.2 Å². The van der Waals surface area contributed by atoms with Crippen LogP contribution in [0, 0.1) is 6.92 Å². The highest BCUT2D eigenvalue weighted by atomic mass is 32.2. The highest BCUT2D eigenvalue weighted by molar-refractivity contribution is 7.90. The minimum absolute atomic E-state index is 0.126. The zero-order valence-corrected chi connectivity index (χ0v) is 12.4. The van der Waals surface area contributed by atoms with Gasteiger partial charge >= 0.3 is 0 Å². The lowest BCUT2D eigenvalue weighted by atomic mass is 10.0. The summed E-state index contributed by atoms with van der Waals surface area (Å²) in [5, 5.41) is 2.05. The lowest BCUT2D eigenvalue weighted by molar-refractivity contribution is 0.601. The third-order valence-corrected chi connectivity index (χ3v) is 4.90. The van der Waals surface area contributed by atoms with Gasteiger partial charge in [-0.1, -0.05) is 12.1 Å². The highest BCUT2D eigenvalue weighted by Crippen LogP contribution is 2.26. The molecule has 2 aromatic rings. The van der Waals surface area contributed by atoms with Crippen LogP contribution in [-0.2, 0) is 9.84 Å². The van der Waals surface area contributed by atoms with Crippen LogP contribution in [-0.4, -0.2) is 14.7 Å². The standard InChI is InChI=1S/C13H16N2O2S2/c1-9-7-11(8-18-9)13(15-14)10-3-5-12(6-4-10)19(2,16)17/h3-8,13,15H,14H2,1-2H3. The molecule has 0 saturated heterocycles. The van der Waals surface area contributed by atoms with Crippen LogP contribution in [0.25, 0.3) is 0 Å². The highest BCUT2D eigenvalue weighted by Gasteiger charge is 2.15. The Kier molecular flexibility index (Phi) is 4.05. The van der Waals surface area contributed by atoms with Crippen molar-refractivity contribution in [2.24, 2.45) is 5.84 Å². The third kappa shape index (κ3) is 3.22. The minimum atomic E-state index is -3.16. The predicted molar refractivity (Wildman–Crippen MR) is 77.8 cm³/mol. The number of hydrogen-bond acceptors (Lipinski definition) is 5. The smallest absolute Gasteiger partial charge is 0.175 e. The van der Waals surface area contributed by atoms with E-state index in [1.807, 2.05) is 12.3 Å². The molecule has 0 fully saturated rings. The van der Waals surface area contributed by atoms with Gasteiger partial charge in [0.1, 0.15) is 0 Å². The first-order valence-corrected chi connectivity index (χ1v) is 8.50. The van der Waals surface area contributed by atoms with Crippen molar-refractivity contribution in [3.8, 4) is 0 Å². The second kappa shape index (κ2) is 5.42. The number of hydrazine groups is 1. The molecule has 0 aliphatic carbocycles. The van der Waals surface area contributed by atoms with E-state index in [0.717, 1.165) is 11.1 Å². The van der Waals surface area contributed by atoms with Crippen molar-refractivity contribution in [3.05, 3.63) is 51.7 Å². The molecule has 0 radical (unpaired) electrons. The molecule has 0 aliphatic rings. The average molecular weight is 296 g/mol. The molecule has 1 heterocycles. The van der Waals surface area contributed by atoms with E-state index in [-0.39, 0.29) is 6.04 Å². The Labute approximate surface area is 117 Å². The maximum atomic E-state index is 11.4. The van der Waals surface area contributed by atoms with Crippen LogP contribution < -0.4 is 11.3 Å². The Morgan fingerprint density at radius 2 is 1.84 bits per heavy atom. The zero-order chi connectivity index (χ0) is 14.0. The lowest BCUT2D eigenvalue weighted by Gasteiger charge is -2.15. The van der Waals surface area contributed by atoms with Crippen LogP contribution >= 0.6 is 11.3 Å². The van der Waals surface area contributed by atoms with Gasteiger partial charge in [0.05, 0.1) is 10.9 Å². The van der Waals surface area contributed by atoms with Crippen molar-refractivity contribution in [2.75, 3.05) is 6.26 Å². The monoisotopic (exact) mass is 296 g/mol. The van der Waals surface area contributed by atoms with Crippen LogP contribution in [0.5, 0.6) is 0 Å². The summed E-state index contributed by atoms with van der Waals surface area (Å²) in [5.41, 5.74) is 4.78. The number of nitrogens with two attached hydrogens (primary N) is 1. The number of thiophene rings is 1. The van der Waals surface area contributed by atoms with E-state index in [4.69, 9.17) is 5.84 Å². The molecule has 1 atom stereocenters.